The molecule has 1 amide bonds. The van der Waals surface area contributed by atoms with Gasteiger partial charge in [-0.05, 0) is 50.7 Å². The predicted octanol–water partition coefficient (Wildman–Crippen LogP) is 3.37. The number of amides is 1. The Morgan fingerprint density at radius 3 is 2.58 bits per heavy atom. The minimum Gasteiger partial charge on any atom is -0.381 e. The minimum absolute atomic E-state index is 0.102. The molecule has 3 nitrogen and oxygen atoms in total. The monoisotopic (exact) mass is 261 g/mol. The van der Waals surface area contributed by atoms with Gasteiger partial charge in [0.05, 0.1) is 0 Å². The normalized spacial score (nSPS) is 19.2. The summed E-state index contributed by atoms with van der Waals surface area (Å²) in [6.45, 7) is 7.72. The molecule has 19 heavy (non-hydrogen) atoms. The molecule has 0 saturated carbocycles. The van der Waals surface area contributed by atoms with E-state index in [0.717, 1.165) is 42.9 Å². The number of aryl methyl sites for hydroxylation is 3. The van der Waals surface area contributed by atoms with Crippen LogP contribution < -0.4 is 5.32 Å². The van der Waals surface area contributed by atoms with Crippen molar-refractivity contribution in [1.29, 1.82) is 0 Å². The van der Waals surface area contributed by atoms with E-state index in [1.165, 1.54) is 5.56 Å². The average molecular weight is 261 g/mol. The zero-order chi connectivity index (χ0) is 13.8. The molecule has 0 bridgehead atoms. The molecule has 3 heteroatoms. The number of hydrogen-bond acceptors (Lipinski definition) is 2. The number of anilines is 1. The number of carbonyl (C=O) groups excluding carboxylic acids is 1. The fourth-order valence-electron chi connectivity index (χ4n) is 2.80. The topological polar surface area (TPSA) is 38.3 Å². The van der Waals surface area contributed by atoms with Gasteiger partial charge < -0.3 is 10.1 Å². The molecule has 0 aliphatic carbocycles. The number of hydrogen-bond donors (Lipinski definition) is 1. The maximum Gasteiger partial charge on any atom is 0.224 e. The molecule has 2 rings (SSSR count). The van der Waals surface area contributed by atoms with Crippen LogP contribution >= 0.6 is 0 Å². The summed E-state index contributed by atoms with van der Waals surface area (Å²) in [6, 6.07) is 4.21. The summed E-state index contributed by atoms with van der Waals surface area (Å²) in [4.78, 5) is 12.1. The number of rotatable bonds is 3. The van der Waals surface area contributed by atoms with Crippen LogP contribution in [-0.2, 0) is 9.53 Å². The lowest BCUT2D eigenvalue weighted by molar-refractivity contribution is -0.118. The first-order valence-electron chi connectivity index (χ1n) is 7.01. The molecule has 1 N–H and O–H groups in total. The van der Waals surface area contributed by atoms with E-state index in [4.69, 9.17) is 4.74 Å². The molecule has 0 radical (unpaired) electrons. The van der Waals surface area contributed by atoms with Crippen LogP contribution in [0.25, 0.3) is 0 Å². The SMILES string of the molecule is Cc1cc(C)c(NC(=O)CC2CCCOC2)c(C)c1. The van der Waals surface area contributed by atoms with Gasteiger partial charge in [0.25, 0.3) is 0 Å². The van der Waals surface area contributed by atoms with Gasteiger partial charge in [0.1, 0.15) is 0 Å². The van der Waals surface area contributed by atoms with Gasteiger partial charge in [-0.3, -0.25) is 4.79 Å². The Kier molecular flexibility index (Phi) is 4.59. The second kappa shape index (κ2) is 6.20. The van der Waals surface area contributed by atoms with E-state index in [9.17, 15) is 4.79 Å². The average Bonchev–Trinajstić information content (AvgIpc) is 2.35. The Balaban J connectivity index is 1.98. The summed E-state index contributed by atoms with van der Waals surface area (Å²) in [5.74, 6) is 0.477. The summed E-state index contributed by atoms with van der Waals surface area (Å²) in [6.07, 6.45) is 2.73. The third-order valence-electron chi connectivity index (χ3n) is 3.67. The second-order valence-corrected chi connectivity index (χ2v) is 5.61. The van der Waals surface area contributed by atoms with E-state index in [1.54, 1.807) is 0 Å². The van der Waals surface area contributed by atoms with Gasteiger partial charge in [-0.25, -0.2) is 0 Å². The summed E-state index contributed by atoms with van der Waals surface area (Å²) < 4.78 is 5.42. The highest BCUT2D eigenvalue weighted by Crippen LogP contribution is 2.23. The summed E-state index contributed by atoms with van der Waals surface area (Å²) in [5.41, 5.74) is 4.46. The van der Waals surface area contributed by atoms with Crippen molar-refractivity contribution in [1.82, 2.24) is 0 Å². The van der Waals surface area contributed by atoms with Crippen LogP contribution in [0.3, 0.4) is 0 Å². The van der Waals surface area contributed by atoms with Crippen LogP contribution in [0.4, 0.5) is 5.69 Å². The molecular formula is C16H23NO2. The fourth-order valence-corrected chi connectivity index (χ4v) is 2.80. The molecule has 1 fully saturated rings. The molecule has 1 aromatic carbocycles. The Morgan fingerprint density at radius 2 is 2.00 bits per heavy atom. The lowest BCUT2D eigenvalue weighted by Gasteiger charge is -2.22. The fraction of sp³-hybridized carbons (Fsp3) is 0.562. The maximum atomic E-state index is 12.1. The standard InChI is InChI=1S/C16H23NO2/c1-11-7-12(2)16(13(3)8-11)17-15(18)9-14-5-4-6-19-10-14/h7-8,14H,4-6,9-10H2,1-3H3,(H,17,18). The molecule has 1 aliphatic heterocycles. The zero-order valence-corrected chi connectivity index (χ0v) is 12.1. The molecule has 104 valence electrons. The van der Waals surface area contributed by atoms with Crippen molar-refractivity contribution in [3.63, 3.8) is 0 Å². The van der Waals surface area contributed by atoms with Crippen LogP contribution in [0.15, 0.2) is 12.1 Å². The highest BCUT2D eigenvalue weighted by atomic mass is 16.5. The number of ether oxygens (including phenoxy) is 1. The van der Waals surface area contributed by atoms with E-state index in [1.807, 2.05) is 13.8 Å². The van der Waals surface area contributed by atoms with Crippen LogP contribution in [0.5, 0.6) is 0 Å². The van der Waals surface area contributed by atoms with Gasteiger partial charge in [-0.2, -0.15) is 0 Å². The van der Waals surface area contributed by atoms with Crippen LogP contribution in [0.1, 0.15) is 36.0 Å². The van der Waals surface area contributed by atoms with Crippen molar-refractivity contribution in [3.8, 4) is 0 Å². The summed E-state index contributed by atoms with van der Waals surface area (Å²) in [5, 5.41) is 3.06. The molecule has 1 atom stereocenters. The second-order valence-electron chi connectivity index (χ2n) is 5.61. The molecule has 1 unspecified atom stereocenters. The Morgan fingerprint density at radius 1 is 1.32 bits per heavy atom. The van der Waals surface area contributed by atoms with E-state index in [0.29, 0.717) is 12.3 Å². The van der Waals surface area contributed by atoms with Crippen molar-refractivity contribution in [3.05, 3.63) is 28.8 Å². The van der Waals surface area contributed by atoms with E-state index in [2.05, 4.69) is 24.4 Å². The zero-order valence-electron chi connectivity index (χ0n) is 12.1. The third-order valence-corrected chi connectivity index (χ3v) is 3.67. The highest BCUT2D eigenvalue weighted by molar-refractivity contribution is 5.92. The molecule has 0 aromatic heterocycles. The summed E-state index contributed by atoms with van der Waals surface area (Å²) >= 11 is 0. The van der Waals surface area contributed by atoms with E-state index >= 15 is 0 Å². The van der Waals surface area contributed by atoms with Crippen LogP contribution in [0, 0.1) is 26.7 Å². The van der Waals surface area contributed by atoms with Crippen molar-refractivity contribution >= 4 is 11.6 Å². The van der Waals surface area contributed by atoms with Crippen LogP contribution in [0.2, 0.25) is 0 Å². The molecule has 0 spiro atoms. The van der Waals surface area contributed by atoms with Crippen LogP contribution in [-0.4, -0.2) is 19.1 Å². The first-order chi connectivity index (χ1) is 9.06. The van der Waals surface area contributed by atoms with Crippen molar-refractivity contribution in [2.24, 2.45) is 5.92 Å². The number of carbonyl (C=O) groups is 1. The molecule has 1 aromatic rings. The largest absolute Gasteiger partial charge is 0.381 e. The Hall–Kier alpha value is -1.35. The molecule has 1 aliphatic rings. The molecule has 1 heterocycles. The number of benzene rings is 1. The van der Waals surface area contributed by atoms with Gasteiger partial charge in [0.15, 0.2) is 0 Å². The first-order valence-corrected chi connectivity index (χ1v) is 7.01. The van der Waals surface area contributed by atoms with Crippen molar-refractivity contribution in [2.45, 2.75) is 40.0 Å². The van der Waals surface area contributed by atoms with Crippen molar-refractivity contribution in [2.75, 3.05) is 18.5 Å². The molecular weight excluding hydrogens is 238 g/mol. The lowest BCUT2D eigenvalue weighted by Crippen LogP contribution is -2.24. The smallest absolute Gasteiger partial charge is 0.224 e. The summed E-state index contributed by atoms with van der Waals surface area (Å²) in [7, 11) is 0. The van der Waals surface area contributed by atoms with Crippen molar-refractivity contribution < 1.29 is 9.53 Å². The quantitative estimate of drug-likeness (QED) is 0.906. The van der Waals surface area contributed by atoms with Gasteiger partial charge in [0.2, 0.25) is 5.91 Å². The van der Waals surface area contributed by atoms with Gasteiger partial charge >= 0.3 is 0 Å². The predicted molar refractivity (Wildman–Crippen MR) is 77.4 cm³/mol. The molecule has 1 saturated heterocycles. The number of nitrogens with one attached hydrogen (secondary N) is 1. The van der Waals surface area contributed by atoms with E-state index in [-0.39, 0.29) is 5.91 Å². The van der Waals surface area contributed by atoms with Gasteiger partial charge in [0, 0.05) is 25.3 Å². The van der Waals surface area contributed by atoms with E-state index < -0.39 is 0 Å². The minimum atomic E-state index is 0.102. The Labute approximate surface area is 115 Å². The van der Waals surface area contributed by atoms with Gasteiger partial charge in [-0.15, -0.1) is 0 Å². The highest BCUT2D eigenvalue weighted by Gasteiger charge is 2.18. The first kappa shape index (κ1) is 14.1. The third kappa shape index (κ3) is 3.80. The Bertz CT molecular complexity index is 439. The van der Waals surface area contributed by atoms with Gasteiger partial charge in [-0.1, -0.05) is 17.7 Å². The lowest BCUT2D eigenvalue weighted by atomic mass is 9.98. The maximum absolute atomic E-state index is 12.1.